The minimum absolute atomic E-state index is 0.0672. The number of carbonyl (C=O) groups excluding carboxylic acids is 2. The molecule has 1 N–H and O–H groups in total. The van der Waals surface area contributed by atoms with Crippen molar-refractivity contribution in [2.45, 2.75) is 89.9 Å². The summed E-state index contributed by atoms with van der Waals surface area (Å²) < 4.78 is 6.80. The maximum atomic E-state index is 14.0. The average molecular weight is 410 g/mol. The smallest absolute Gasteiger partial charge is 0.163 e. The van der Waals surface area contributed by atoms with Crippen LogP contribution in [-0.2, 0) is 14.3 Å². The van der Waals surface area contributed by atoms with Crippen molar-refractivity contribution in [2.75, 3.05) is 6.54 Å². The Morgan fingerprint density at radius 1 is 1.23 bits per heavy atom. The first-order valence-corrected chi connectivity index (χ1v) is 12.2. The maximum Gasteiger partial charge on any atom is 0.163 e. The summed E-state index contributed by atoms with van der Waals surface area (Å²) in [5.74, 6) is 2.27. The van der Waals surface area contributed by atoms with Crippen LogP contribution in [0.4, 0.5) is 0 Å². The zero-order valence-electron chi connectivity index (χ0n) is 18.6. The number of allylic oxidation sites excluding steroid dienone is 3. The van der Waals surface area contributed by atoms with Gasteiger partial charge in [-0.25, -0.2) is 0 Å². The number of carbonyl (C=O) groups is 2. The summed E-state index contributed by atoms with van der Waals surface area (Å²) in [7, 11) is 0. The molecular weight excluding hydrogens is 374 g/mol. The van der Waals surface area contributed by atoms with Crippen LogP contribution in [0.2, 0.25) is 0 Å². The second-order valence-electron chi connectivity index (χ2n) is 11.5. The monoisotopic (exact) mass is 409 g/mol. The first-order chi connectivity index (χ1) is 14.3. The molecule has 2 saturated carbocycles. The molecule has 1 spiro atoms. The van der Waals surface area contributed by atoms with E-state index in [0.717, 1.165) is 50.6 Å². The van der Waals surface area contributed by atoms with Crippen molar-refractivity contribution in [3.05, 3.63) is 22.8 Å². The van der Waals surface area contributed by atoms with Gasteiger partial charge in [-0.1, -0.05) is 25.5 Å². The Balaban J connectivity index is 1.37. The molecule has 30 heavy (non-hydrogen) atoms. The van der Waals surface area contributed by atoms with Crippen LogP contribution < -0.4 is 5.32 Å². The van der Waals surface area contributed by atoms with Crippen molar-refractivity contribution < 1.29 is 14.3 Å². The van der Waals surface area contributed by atoms with E-state index in [2.05, 4.69) is 32.2 Å². The zero-order valence-corrected chi connectivity index (χ0v) is 18.6. The van der Waals surface area contributed by atoms with Crippen LogP contribution in [0, 0.1) is 29.1 Å². The number of hydrogen-bond acceptors (Lipinski definition) is 4. The summed E-state index contributed by atoms with van der Waals surface area (Å²) in [4.78, 5) is 26.1. The molecular formula is C26H35NO3. The highest BCUT2D eigenvalue weighted by Crippen LogP contribution is 2.62. The number of piperidine rings is 1. The number of rotatable bonds is 0. The van der Waals surface area contributed by atoms with Crippen molar-refractivity contribution in [1.82, 2.24) is 5.32 Å². The van der Waals surface area contributed by atoms with Crippen molar-refractivity contribution in [2.24, 2.45) is 29.1 Å². The lowest BCUT2D eigenvalue weighted by Gasteiger charge is -2.46. The molecule has 6 aliphatic rings. The minimum Gasteiger partial charge on any atom is -0.366 e. The third-order valence-electron chi connectivity index (χ3n) is 9.92. The topological polar surface area (TPSA) is 55.4 Å². The second-order valence-corrected chi connectivity index (χ2v) is 11.5. The van der Waals surface area contributed by atoms with Crippen molar-refractivity contribution in [1.29, 1.82) is 0 Å². The van der Waals surface area contributed by atoms with Gasteiger partial charge in [0.1, 0.15) is 5.78 Å². The predicted molar refractivity (Wildman–Crippen MR) is 115 cm³/mol. The van der Waals surface area contributed by atoms with E-state index >= 15 is 0 Å². The highest BCUT2D eigenvalue weighted by molar-refractivity contribution is 6.03. The van der Waals surface area contributed by atoms with Gasteiger partial charge in [0.2, 0.25) is 0 Å². The van der Waals surface area contributed by atoms with E-state index in [1.165, 1.54) is 11.1 Å². The van der Waals surface area contributed by atoms with Crippen molar-refractivity contribution >= 4 is 11.6 Å². The molecule has 0 bridgehead atoms. The largest absolute Gasteiger partial charge is 0.366 e. The van der Waals surface area contributed by atoms with E-state index in [1.807, 2.05) is 0 Å². The van der Waals surface area contributed by atoms with Crippen LogP contribution in [0.5, 0.6) is 0 Å². The Morgan fingerprint density at radius 3 is 2.90 bits per heavy atom. The van der Waals surface area contributed by atoms with Gasteiger partial charge in [0.05, 0.1) is 11.7 Å². The van der Waals surface area contributed by atoms with Gasteiger partial charge in [0.25, 0.3) is 0 Å². The van der Waals surface area contributed by atoms with Gasteiger partial charge in [0, 0.05) is 30.4 Å². The van der Waals surface area contributed by atoms with Crippen LogP contribution in [0.15, 0.2) is 22.8 Å². The minimum atomic E-state index is -0.235. The molecule has 6 rings (SSSR count). The van der Waals surface area contributed by atoms with Crippen LogP contribution >= 0.6 is 0 Å². The fourth-order valence-corrected chi connectivity index (χ4v) is 8.26. The fraction of sp³-hybridized carbons (Fsp3) is 0.769. The lowest BCUT2D eigenvalue weighted by Crippen LogP contribution is -2.45. The SMILES string of the molecule is CC1=C2C(=O)C3C(CC=C4CC(=O)CCC43C)C2CCC12CC1NCC(C)CC1O2. The number of nitrogens with one attached hydrogen (secondary N) is 1. The van der Waals surface area contributed by atoms with E-state index in [0.29, 0.717) is 48.2 Å². The van der Waals surface area contributed by atoms with Crippen molar-refractivity contribution in [3.63, 3.8) is 0 Å². The lowest BCUT2D eigenvalue weighted by molar-refractivity contribution is -0.126. The summed E-state index contributed by atoms with van der Waals surface area (Å²) in [6, 6.07) is 0.433. The number of ketones is 2. The first-order valence-electron chi connectivity index (χ1n) is 12.2. The van der Waals surface area contributed by atoms with Crippen LogP contribution in [0.25, 0.3) is 0 Å². The van der Waals surface area contributed by atoms with Gasteiger partial charge in [-0.05, 0) is 80.7 Å². The highest BCUT2D eigenvalue weighted by atomic mass is 16.5. The molecule has 0 aromatic rings. The quantitative estimate of drug-likeness (QED) is 0.611. The molecule has 0 amide bonds. The molecule has 4 aliphatic carbocycles. The van der Waals surface area contributed by atoms with E-state index in [9.17, 15) is 9.59 Å². The molecule has 4 heteroatoms. The van der Waals surface area contributed by atoms with E-state index in [1.54, 1.807) is 0 Å². The first kappa shape index (κ1) is 19.4. The normalized spacial score (nSPS) is 50.2. The van der Waals surface area contributed by atoms with Crippen molar-refractivity contribution in [3.8, 4) is 0 Å². The van der Waals surface area contributed by atoms with Gasteiger partial charge in [-0.2, -0.15) is 0 Å². The van der Waals surface area contributed by atoms with Crippen LogP contribution in [0.3, 0.4) is 0 Å². The van der Waals surface area contributed by atoms with Gasteiger partial charge in [-0.3, -0.25) is 9.59 Å². The molecule has 0 aromatic heterocycles. The average Bonchev–Trinajstić information content (AvgIpc) is 3.22. The van der Waals surface area contributed by atoms with E-state index in [-0.39, 0.29) is 23.0 Å². The molecule has 8 unspecified atom stereocenters. The molecule has 2 aliphatic heterocycles. The maximum absolute atomic E-state index is 14.0. The number of Topliss-reactive ketones (excluding diaryl/α,β-unsaturated/α-hetero) is 2. The van der Waals surface area contributed by atoms with Gasteiger partial charge in [0.15, 0.2) is 5.78 Å². The summed E-state index contributed by atoms with van der Waals surface area (Å²) in [6.07, 6.45) is 9.91. The molecule has 8 atom stereocenters. The molecule has 2 saturated heterocycles. The van der Waals surface area contributed by atoms with E-state index < -0.39 is 0 Å². The Labute approximate surface area is 179 Å². The zero-order chi connectivity index (χ0) is 20.8. The molecule has 0 aromatic carbocycles. The summed E-state index contributed by atoms with van der Waals surface area (Å²) in [5, 5.41) is 3.72. The Hall–Kier alpha value is -1.26. The molecule has 4 nitrogen and oxygen atoms in total. The van der Waals surface area contributed by atoms with Gasteiger partial charge < -0.3 is 10.1 Å². The molecule has 162 valence electrons. The van der Waals surface area contributed by atoms with E-state index in [4.69, 9.17) is 4.74 Å². The third kappa shape index (κ3) is 2.47. The Kier molecular flexibility index (Phi) is 4.13. The fourth-order valence-electron chi connectivity index (χ4n) is 8.26. The van der Waals surface area contributed by atoms with Gasteiger partial charge >= 0.3 is 0 Å². The summed E-state index contributed by atoms with van der Waals surface area (Å²) in [5.41, 5.74) is 3.27. The van der Waals surface area contributed by atoms with Crippen LogP contribution in [-0.4, -0.2) is 35.9 Å². The number of fused-ring (bicyclic) bond motifs is 6. The molecule has 4 fully saturated rings. The molecule has 2 heterocycles. The Morgan fingerprint density at radius 2 is 2.07 bits per heavy atom. The summed E-state index contributed by atoms with van der Waals surface area (Å²) >= 11 is 0. The molecule has 0 radical (unpaired) electrons. The number of ether oxygens (including phenoxy) is 1. The third-order valence-corrected chi connectivity index (χ3v) is 9.92. The predicted octanol–water partition coefficient (Wildman–Crippen LogP) is 4.14. The highest BCUT2D eigenvalue weighted by Gasteiger charge is 2.61. The summed E-state index contributed by atoms with van der Waals surface area (Å²) in [6.45, 7) is 7.85. The number of hydrogen-bond donors (Lipinski definition) is 1. The Bertz CT molecular complexity index is 887. The second kappa shape index (κ2) is 6.38. The lowest BCUT2D eigenvalue weighted by atomic mass is 9.56. The van der Waals surface area contributed by atoms with Gasteiger partial charge in [-0.15, -0.1) is 0 Å². The van der Waals surface area contributed by atoms with Crippen LogP contribution in [0.1, 0.15) is 72.1 Å². The standard InChI is InChI=1S/C26H35NO3/c1-14-10-21-20(27-13-14)12-26(30-21)9-7-18-19-5-4-16-11-17(28)6-8-25(16,3)23(19)24(29)22(18)15(26)2/h4,14,18-21,23,27H,5-13H2,1-3H3.